The highest BCUT2D eigenvalue weighted by molar-refractivity contribution is 7.89. The molecule has 2 saturated heterocycles. The van der Waals surface area contributed by atoms with Gasteiger partial charge in [0.05, 0.1) is 10.0 Å². The Labute approximate surface area is 189 Å². The number of benzene rings is 1. The van der Waals surface area contributed by atoms with Crippen molar-refractivity contribution >= 4 is 39.3 Å². The molecule has 1 N–H and O–H groups in total. The molecule has 10 heteroatoms. The molecule has 0 aliphatic carbocycles. The normalized spacial score (nSPS) is 20.0. The Bertz CT molecular complexity index is 850. The molecule has 3 rings (SSSR count). The van der Waals surface area contributed by atoms with Gasteiger partial charge in [0.2, 0.25) is 10.0 Å². The van der Waals surface area contributed by atoms with E-state index in [0.717, 1.165) is 32.5 Å². The van der Waals surface area contributed by atoms with Gasteiger partial charge < -0.3 is 15.1 Å². The van der Waals surface area contributed by atoms with Crippen LogP contribution in [0.3, 0.4) is 0 Å². The summed E-state index contributed by atoms with van der Waals surface area (Å²) in [5.41, 5.74) is 0. The van der Waals surface area contributed by atoms with Gasteiger partial charge in [-0.05, 0) is 30.9 Å². The summed E-state index contributed by atoms with van der Waals surface area (Å²) in [4.78, 5) is 16.8. The highest BCUT2D eigenvalue weighted by atomic mass is 35.5. The van der Waals surface area contributed by atoms with Crippen molar-refractivity contribution in [3.8, 4) is 0 Å². The number of rotatable bonds is 5. The Balaban J connectivity index is 1.51. The van der Waals surface area contributed by atoms with Gasteiger partial charge in [0.1, 0.15) is 4.90 Å². The third-order valence-electron chi connectivity index (χ3n) is 5.60. The van der Waals surface area contributed by atoms with E-state index in [9.17, 15) is 13.2 Å². The van der Waals surface area contributed by atoms with E-state index >= 15 is 0 Å². The zero-order chi connectivity index (χ0) is 21.9. The molecule has 2 amide bonds. The quantitative estimate of drug-likeness (QED) is 0.708. The number of likely N-dealkylation sites (tertiary alicyclic amines) is 1. The van der Waals surface area contributed by atoms with Crippen molar-refractivity contribution in [3.63, 3.8) is 0 Å². The second kappa shape index (κ2) is 10.0. The molecule has 0 spiro atoms. The van der Waals surface area contributed by atoms with Crippen LogP contribution in [0, 0.1) is 5.92 Å². The number of halogens is 2. The summed E-state index contributed by atoms with van der Waals surface area (Å²) in [6.45, 7) is 8.66. The van der Waals surface area contributed by atoms with Crippen LogP contribution in [0.2, 0.25) is 10.0 Å². The number of piperidine rings is 1. The Morgan fingerprint density at radius 2 is 1.73 bits per heavy atom. The van der Waals surface area contributed by atoms with E-state index in [1.54, 1.807) is 17.0 Å². The first-order valence-electron chi connectivity index (χ1n) is 10.4. The Morgan fingerprint density at radius 3 is 2.33 bits per heavy atom. The van der Waals surface area contributed by atoms with E-state index < -0.39 is 10.0 Å². The van der Waals surface area contributed by atoms with E-state index in [-0.39, 0.29) is 40.1 Å². The van der Waals surface area contributed by atoms with Crippen LogP contribution in [0.5, 0.6) is 0 Å². The van der Waals surface area contributed by atoms with Gasteiger partial charge in [0, 0.05) is 51.9 Å². The monoisotopic (exact) mass is 476 g/mol. The van der Waals surface area contributed by atoms with Crippen LogP contribution in [-0.2, 0) is 10.0 Å². The van der Waals surface area contributed by atoms with Crippen molar-refractivity contribution in [2.45, 2.75) is 37.6 Å². The molecule has 1 aromatic rings. The zero-order valence-corrected chi connectivity index (χ0v) is 19.8. The summed E-state index contributed by atoms with van der Waals surface area (Å²) in [7, 11) is -3.75. The molecule has 0 bridgehead atoms. The van der Waals surface area contributed by atoms with Gasteiger partial charge in [-0.1, -0.05) is 43.1 Å². The van der Waals surface area contributed by atoms with Gasteiger partial charge in [-0.2, -0.15) is 4.31 Å². The predicted octanol–water partition coefficient (Wildman–Crippen LogP) is 3.13. The summed E-state index contributed by atoms with van der Waals surface area (Å²) in [6.07, 6.45) is 1.89. The van der Waals surface area contributed by atoms with Crippen LogP contribution in [0.4, 0.5) is 4.79 Å². The van der Waals surface area contributed by atoms with Crippen molar-refractivity contribution < 1.29 is 13.2 Å². The molecule has 2 fully saturated rings. The lowest BCUT2D eigenvalue weighted by atomic mass is 10.0. The van der Waals surface area contributed by atoms with Crippen LogP contribution in [-0.4, -0.2) is 80.4 Å². The fourth-order valence-electron chi connectivity index (χ4n) is 4.00. The Morgan fingerprint density at radius 1 is 1.10 bits per heavy atom. The first-order chi connectivity index (χ1) is 14.2. The number of carbonyl (C=O) groups excluding carboxylic acids is 1. The van der Waals surface area contributed by atoms with Crippen molar-refractivity contribution in [1.29, 1.82) is 0 Å². The van der Waals surface area contributed by atoms with Crippen molar-refractivity contribution in [1.82, 2.24) is 19.4 Å². The van der Waals surface area contributed by atoms with E-state index in [1.165, 1.54) is 10.4 Å². The summed E-state index contributed by atoms with van der Waals surface area (Å²) < 4.78 is 27.2. The van der Waals surface area contributed by atoms with E-state index in [1.807, 2.05) is 0 Å². The molecule has 168 valence electrons. The molecule has 7 nitrogen and oxygen atoms in total. The number of urea groups is 1. The summed E-state index contributed by atoms with van der Waals surface area (Å²) in [5.74, 6) is 0.644. The van der Waals surface area contributed by atoms with Crippen LogP contribution in [0.15, 0.2) is 23.1 Å². The van der Waals surface area contributed by atoms with Gasteiger partial charge in [0.25, 0.3) is 0 Å². The maximum Gasteiger partial charge on any atom is 0.317 e. The van der Waals surface area contributed by atoms with Gasteiger partial charge in [0.15, 0.2) is 0 Å². The molecular formula is C20H30Cl2N4O3S. The first-order valence-corrected chi connectivity index (χ1v) is 12.6. The summed E-state index contributed by atoms with van der Waals surface area (Å²) in [5, 5.41) is 3.35. The number of amides is 2. The maximum absolute atomic E-state index is 12.9. The number of hydrogen-bond acceptors (Lipinski definition) is 4. The molecule has 1 aromatic carbocycles. The molecule has 0 radical (unpaired) electrons. The fourth-order valence-corrected chi connectivity index (χ4v) is 6.15. The molecule has 0 aromatic heterocycles. The number of nitrogens with zero attached hydrogens (tertiary/aromatic N) is 3. The second-order valence-electron chi connectivity index (χ2n) is 8.36. The minimum atomic E-state index is -3.75. The first kappa shape index (κ1) is 23.6. The predicted molar refractivity (Wildman–Crippen MR) is 120 cm³/mol. The zero-order valence-electron chi connectivity index (χ0n) is 17.5. The van der Waals surface area contributed by atoms with E-state index in [2.05, 4.69) is 24.1 Å². The minimum absolute atomic E-state index is 0.00252. The summed E-state index contributed by atoms with van der Waals surface area (Å²) >= 11 is 12.1. The summed E-state index contributed by atoms with van der Waals surface area (Å²) in [6, 6.07) is 4.63. The molecule has 0 unspecified atom stereocenters. The van der Waals surface area contributed by atoms with Gasteiger partial charge in [-0.25, -0.2) is 13.2 Å². The topological polar surface area (TPSA) is 73.0 Å². The number of sulfonamides is 1. The van der Waals surface area contributed by atoms with Gasteiger partial charge >= 0.3 is 6.03 Å². The number of piperazine rings is 1. The van der Waals surface area contributed by atoms with Crippen LogP contribution < -0.4 is 5.32 Å². The van der Waals surface area contributed by atoms with Gasteiger partial charge in [-0.15, -0.1) is 0 Å². The average molecular weight is 477 g/mol. The highest BCUT2D eigenvalue weighted by Crippen LogP contribution is 2.31. The van der Waals surface area contributed by atoms with E-state index in [4.69, 9.17) is 23.2 Å². The molecule has 2 heterocycles. The largest absolute Gasteiger partial charge is 0.335 e. The molecule has 2 aliphatic heterocycles. The lowest BCUT2D eigenvalue weighted by molar-refractivity contribution is 0.152. The van der Waals surface area contributed by atoms with E-state index in [0.29, 0.717) is 19.0 Å². The number of carbonyl (C=O) groups is 1. The van der Waals surface area contributed by atoms with Crippen molar-refractivity contribution in [2.24, 2.45) is 5.92 Å². The SMILES string of the molecule is CC(C)CN1CCC(NC(=O)N2CCN(S(=O)(=O)c3cccc(Cl)c3Cl)CC2)CC1. The fraction of sp³-hybridized carbons (Fsp3) is 0.650. The van der Waals surface area contributed by atoms with Gasteiger partial charge in [-0.3, -0.25) is 0 Å². The average Bonchev–Trinajstić information content (AvgIpc) is 2.71. The highest BCUT2D eigenvalue weighted by Gasteiger charge is 2.32. The lowest BCUT2D eigenvalue weighted by Crippen LogP contribution is -2.55. The maximum atomic E-state index is 12.9. The second-order valence-corrected chi connectivity index (χ2v) is 11.1. The smallest absolute Gasteiger partial charge is 0.317 e. The Kier molecular flexibility index (Phi) is 7.90. The van der Waals surface area contributed by atoms with Crippen molar-refractivity contribution in [3.05, 3.63) is 28.2 Å². The molecule has 30 heavy (non-hydrogen) atoms. The third kappa shape index (κ3) is 5.59. The molecule has 0 saturated carbocycles. The Hall–Kier alpha value is -1.06. The molecular weight excluding hydrogens is 447 g/mol. The number of hydrogen-bond donors (Lipinski definition) is 1. The third-order valence-corrected chi connectivity index (χ3v) is 8.47. The minimum Gasteiger partial charge on any atom is -0.335 e. The standard InChI is InChI=1S/C20H30Cl2N4O3S/c1-15(2)14-24-8-6-16(7-9-24)23-20(27)25-10-12-26(13-11-25)30(28,29)18-5-3-4-17(21)19(18)22/h3-5,15-16H,6-14H2,1-2H3,(H,23,27). The molecule has 2 aliphatic rings. The van der Waals surface area contributed by atoms with Crippen LogP contribution >= 0.6 is 23.2 Å². The van der Waals surface area contributed by atoms with Crippen LogP contribution in [0.1, 0.15) is 26.7 Å². The lowest BCUT2D eigenvalue weighted by Gasteiger charge is -2.37. The molecule has 0 atom stereocenters. The number of nitrogens with one attached hydrogen (secondary N) is 1. The van der Waals surface area contributed by atoms with Crippen molar-refractivity contribution in [2.75, 3.05) is 45.8 Å². The van der Waals surface area contributed by atoms with Crippen LogP contribution in [0.25, 0.3) is 0 Å².